The van der Waals surface area contributed by atoms with Gasteiger partial charge >= 0.3 is 0 Å². The molecule has 2 aromatic heterocycles. The first-order valence-electron chi connectivity index (χ1n) is 29.4. The molecule has 20 nitrogen and oxygen atoms in total. The quantitative estimate of drug-likeness (QED) is 0.0357. The number of allylic oxidation sites excluding steroid dienone is 3. The normalized spacial score (nSPS) is 10.7. The summed E-state index contributed by atoms with van der Waals surface area (Å²) in [5.74, 6) is -2.59. The summed E-state index contributed by atoms with van der Waals surface area (Å²) in [5, 5.41) is 97.0. The van der Waals surface area contributed by atoms with E-state index in [2.05, 4.69) is 0 Å². The van der Waals surface area contributed by atoms with Gasteiger partial charge in [0.15, 0.2) is 28.2 Å². The van der Waals surface area contributed by atoms with Gasteiger partial charge in [-0.25, -0.2) is 0 Å². The number of carbonyl (C=O) groups is 3. The molecule has 494 valence electrons. The van der Waals surface area contributed by atoms with Crippen LogP contribution in [-0.2, 0) is 0 Å². The number of carbonyl (C=O) groups excluding carboxylic acids is 3. The summed E-state index contributed by atoms with van der Waals surface area (Å²) in [5.41, 5.74) is 3.26. The minimum Gasteiger partial charge on any atom is -0.508 e. The van der Waals surface area contributed by atoms with Crippen molar-refractivity contribution in [2.45, 2.75) is 0 Å². The molecule has 0 aliphatic heterocycles. The minimum atomic E-state index is -0.480. The molecule has 0 aliphatic rings. The van der Waals surface area contributed by atoms with E-state index in [-0.39, 0.29) is 124 Å². The van der Waals surface area contributed by atoms with Crippen molar-refractivity contribution in [3.05, 3.63) is 297 Å². The van der Waals surface area contributed by atoms with Crippen molar-refractivity contribution in [1.29, 1.82) is 0 Å². The highest BCUT2D eigenvalue weighted by Gasteiger charge is 2.20. The average Bonchev–Trinajstić information content (AvgIpc) is 0.790. The first-order chi connectivity index (χ1) is 47.1. The summed E-state index contributed by atoms with van der Waals surface area (Å²) in [6.45, 7) is 0. The van der Waals surface area contributed by atoms with E-state index in [0.29, 0.717) is 11.5 Å². The second kappa shape index (κ2) is 33.2. The Morgan fingerprint density at radius 2 is 0.561 bits per heavy atom. The van der Waals surface area contributed by atoms with Crippen LogP contribution in [0.2, 0.25) is 0 Å². The van der Waals surface area contributed by atoms with Crippen molar-refractivity contribution >= 4 is 57.5 Å². The highest BCUT2D eigenvalue weighted by atomic mass is 16.5. The lowest BCUT2D eigenvalue weighted by Gasteiger charge is -2.07. The third-order valence-electron chi connectivity index (χ3n) is 14.0. The fourth-order valence-electron chi connectivity index (χ4n) is 9.33. The zero-order valence-corrected chi connectivity index (χ0v) is 52.4. The fourth-order valence-corrected chi connectivity index (χ4v) is 9.33. The van der Waals surface area contributed by atoms with E-state index in [1.807, 2.05) is 152 Å². The van der Waals surface area contributed by atoms with E-state index >= 15 is 0 Å². The molecular weight excluding hydrogens is 1260 g/mol. The predicted octanol–water partition coefficient (Wildman–Crippen LogP) is 14.7. The van der Waals surface area contributed by atoms with E-state index in [0.717, 1.165) is 39.9 Å². The molecule has 0 saturated heterocycles. The fraction of sp³-hybridized carbons (Fsp3) is 0.0385. The number of phenols is 10. The smallest absolute Gasteiger partial charge is 0.197 e. The van der Waals surface area contributed by atoms with Crippen molar-refractivity contribution in [2.75, 3.05) is 21.3 Å². The standard InChI is InChI=1S/3C16H14O4.2C15H10O4/c3*1-20-12-9-14(18)16(15(19)10-12)13(17)8-7-11-5-3-2-4-6-11;2*16-10-6-11(17)15-12(18)8-13(19-14(15)7-10)9-4-2-1-3-5-9/h3*2-10,18-19H,1H3;2*1-8,16-17H/b3*8-7+;;. The molecule has 0 spiro atoms. The molecule has 0 saturated carbocycles. The average molecular weight is 1320 g/mol. The van der Waals surface area contributed by atoms with Gasteiger partial charge in [0.1, 0.15) is 125 Å². The molecule has 12 aromatic rings. The Morgan fingerprint density at radius 3 is 0.806 bits per heavy atom. The molecule has 0 amide bonds. The number of phenolic OH excluding ortho intramolecular Hbond substituents is 10. The van der Waals surface area contributed by atoms with E-state index < -0.39 is 17.3 Å². The van der Waals surface area contributed by atoms with Crippen LogP contribution >= 0.6 is 0 Å². The van der Waals surface area contributed by atoms with Gasteiger partial charge in [-0.3, -0.25) is 24.0 Å². The van der Waals surface area contributed by atoms with Crippen LogP contribution in [0.5, 0.6) is 74.7 Å². The molecule has 10 aromatic carbocycles. The number of ether oxygens (including phenoxy) is 3. The van der Waals surface area contributed by atoms with Crippen LogP contribution in [0.4, 0.5) is 0 Å². The van der Waals surface area contributed by atoms with E-state index in [1.165, 1.54) is 100 Å². The maximum Gasteiger partial charge on any atom is 0.197 e. The monoisotopic (exact) mass is 1320 g/mol. The van der Waals surface area contributed by atoms with E-state index in [9.17, 15) is 75.0 Å². The molecule has 0 fully saturated rings. The highest BCUT2D eigenvalue weighted by Crippen LogP contribution is 2.37. The van der Waals surface area contributed by atoms with Gasteiger partial charge in [-0.1, -0.05) is 170 Å². The Morgan fingerprint density at radius 1 is 0.316 bits per heavy atom. The minimum absolute atomic E-state index is 0.0671. The Labute approximate surface area is 558 Å². The molecule has 10 N–H and O–H groups in total. The number of hydrogen-bond donors (Lipinski definition) is 10. The highest BCUT2D eigenvalue weighted by molar-refractivity contribution is 6.12. The van der Waals surface area contributed by atoms with Crippen LogP contribution in [0.1, 0.15) is 47.8 Å². The van der Waals surface area contributed by atoms with E-state index in [4.69, 9.17) is 23.0 Å². The van der Waals surface area contributed by atoms with E-state index in [1.54, 1.807) is 18.2 Å². The number of rotatable bonds is 14. The van der Waals surface area contributed by atoms with Gasteiger partial charge in [0.05, 0.1) is 21.3 Å². The van der Waals surface area contributed by atoms with Gasteiger partial charge in [-0.2, -0.15) is 0 Å². The van der Waals surface area contributed by atoms with Gasteiger partial charge in [0, 0.05) is 83.9 Å². The van der Waals surface area contributed by atoms with Crippen molar-refractivity contribution in [1.82, 2.24) is 0 Å². The summed E-state index contributed by atoms with van der Waals surface area (Å²) in [6, 6.07) is 61.3. The maximum absolute atomic E-state index is 12.0. The summed E-state index contributed by atoms with van der Waals surface area (Å²) >= 11 is 0. The van der Waals surface area contributed by atoms with Crippen molar-refractivity contribution in [3.8, 4) is 97.4 Å². The molecule has 98 heavy (non-hydrogen) atoms. The number of methoxy groups -OCH3 is 3. The van der Waals surface area contributed by atoms with Gasteiger partial charge in [0.2, 0.25) is 0 Å². The van der Waals surface area contributed by atoms with Gasteiger partial charge < -0.3 is 74.1 Å². The summed E-state index contributed by atoms with van der Waals surface area (Å²) in [7, 11) is 4.22. The molecule has 0 aliphatic carbocycles. The molecule has 0 unspecified atom stereocenters. The van der Waals surface area contributed by atoms with Crippen LogP contribution in [0.25, 0.3) is 62.8 Å². The van der Waals surface area contributed by atoms with Crippen molar-refractivity contribution in [3.63, 3.8) is 0 Å². The Bertz CT molecular complexity index is 4520. The third-order valence-corrected chi connectivity index (χ3v) is 14.0. The first kappa shape index (κ1) is 70.1. The molecule has 0 atom stereocenters. The lowest BCUT2D eigenvalue weighted by molar-refractivity contribution is 0.103. The van der Waals surface area contributed by atoms with Crippen molar-refractivity contribution in [2.24, 2.45) is 0 Å². The Hall–Kier alpha value is -13.8. The zero-order chi connectivity index (χ0) is 70.4. The lowest BCUT2D eigenvalue weighted by atomic mass is 10.1. The summed E-state index contributed by atoms with van der Waals surface area (Å²) in [4.78, 5) is 60.0. The van der Waals surface area contributed by atoms with Crippen LogP contribution < -0.4 is 25.1 Å². The Kier molecular flexibility index (Phi) is 23.8. The summed E-state index contributed by atoms with van der Waals surface area (Å²) < 4.78 is 25.8. The van der Waals surface area contributed by atoms with Crippen LogP contribution in [0.3, 0.4) is 0 Å². The number of fused-ring (bicyclic) bond motifs is 2. The SMILES string of the molecule is COc1cc(O)c(C(=O)/C=C/c2ccccc2)c(O)c1.COc1cc(O)c(C(=O)/C=C/c2ccccc2)c(O)c1.COc1cc(O)c(C(=O)/C=C/c2ccccc2)c(O)c1.O=c1cc(-c2ccccc2)oc2cc(O)cc(O)c12.O=c1cc(-c2ccccc2)oc2cc(O)cc(O)c12. The molecule has 0 bridgehead atoms. The second-order valence-electron chi connectivity index (χ2n) is 20.8. The largest absolute Gasteiger partial charge is 0.508 e. The Balaban J connectivity index is 0.000000156. The predicted molar refractivity (Wildman–Crippen MR) is 371 cm³/mol. The van der Waals surface area contributed by atoms with Crippen LogP contribution in [0, 0.1) is 0 Å². The first-order valence-corrected chi connectivity index (χ1v) is 29.4. The molecule has 0 radical (unpaired) electrons. The molecule has 12 rings (SSSR count). The van der Waals surface area contributed by atoms with Crippen LogP contribution in [0.15, 0.2) is 261 Å². The summed E-state index contributed by atoms with van der Waals surface area (Å²) in [6.07, 6.45) is 8.76. The third kappa shape index (κ3) is 18.5. The number of hydrogen-bond acceptors (Lipinski definition) is 20. The maximum atomic E-state index is 12.0. The zero-order valence-electron chi connectivity index (χ0n) is 52.4. The van der Waals surface area contributed by atoms with Gasteiger partial charge in [-0.15, -0.1) is 0 Å². The van der Waals surface area contributed by atoms with Crippen LogP contribution in [-0.4, -0.2) is 89.7 Å². The van der Waals surface area contributed by atoms with Crippen molar-refractivity contribution < 1.29 is 88.5 Å². The second-order valence-corrected chi connectivity index (χ2v) is 20.8. The number of benzene rings is 10. The van der Waals surface area contributed by atoms with Gasteiger partial charge in [-0.05, 0) is 34.9 Å². The van der Waals surface area contributed by atoms with Gasteiger partial charge in [0.25, 0.3) is 0 Å². The molecule has 20 heteroatoms. The topological polar surface area (TPSA) is 342 Å². The molecule has 2 heterocycles. The molecular formula is C78H62O20. The number of ketones is 3. The number of aromatic hydroxyl groups is 10. The lowest BCUT2D eigenvalue weighted by Crippen LogP contribution is -2.00.